The van der Waals surface area contributed by atoms with Crippen molar-refractivity contribution in [3.8, 4) is 0 Å². The lowest BCUT2D eigenvalue weighted by molar-refractivity contribution is 0.0312. The Hall–Kier alpha value is -0.860. The van der Waals surface area contributed by atoms with E-state index in [1.54, 1.807) is 0 Å². The van der Waals surface area contributed by atoms with Crippen LogP contribution in [0.4, 0.5) is 0 Å². The molecule has 2 rings (SSSR count). The van der Waals surface area contributed by atoms with Gasteiger partial charge < -0.3 is 10.1 Å². The third-order valence-corrected chi connectivity index (χ3v) is 2.78. The van der Waals surface area contributed by atoms with Gasteiger partial charge in [-0.25, -0.2) is 0 Å². The topological polar surface area (TPSA) is 21.3 Å². The highest BCUT2D eigenvalue weighted by Crippen LogP contribution is 2.28. The van der Waals surface area contributed by atoms with Gasteiger partial charge in [0.2, 0.25) is 0 Å². The first-order chi connectivity index (χ1) is 6.83. The molecule has 2 unspecified atom stereocenters. The molecule has 0 spiro atoms. The zero-order valence-electron chi connectivity index (χ0n) is 8.79. The standard InChI is InChI=1S/C12H17NO/c1-3-14-12-9(2)13-8-10-6-4-5-7-11(10)12/h4-7,9,12-13H,3,8H2,1-2H3. The van der Waals surface area contributed by atoms with Gasteiger partial charge in [-0.05, 0) is 25.0 Å². The quantitative estimate of drug-likeness (QED) is 0.774. The van der Waals surface area contributed by atoms with E-state index in [9.17, 15) is 0 Å². The smallest absolute Gasteiger partial charge is 0.0978 e. The van der Waals surface area contributed by atoms with E-state index in [4.69, 9.17) is 4.74 Å². The summed E-state index contributed by atoms with van der Waals surface area (Å²) >= 11 is 0. The van der Waals surface area contributed by atoms with Crippen LogP contribution in [0.15, 0.2) is 24.3 Å². The summed E-state index contributed by atoms with van der Waals surface area (Å²) in [5.74, 6) is 0. The van der Waals surface area contributed by atoms with E-state index in [1.807, 2.05) is 6.92 Å². The van der Waals surface area contributed by atoms with Crippen molar-refractivity contribution >= 4 is 0 Å². The highest BCUT2D eigenvalue weighted by molar-refractivity contribution is 5.32. The fourth-order valence-corrected chi connectivity index (χ4v) is 2.03. The summed E-state index contributed by atoms with van der Waals surface area (Å²) in [6.45, 7) is 5.95. The summed E-state index contributed by atoms with van der Waals surface area (Å²) in [6.07, 6.45) is 0.213. The Morgan fingerprint density at radius 2 is 2.21 bits per heavy atom. The summed E-state index contributed by atoms with van der Waals surface area (Å²) in [5, 5.41) is 3.45. The summed E-state index contributed by atoms with van der Waals surface area (Å²) in [7, 11) is 0. The van der Waals surface area contributed by atoms with Crippen LogP contribution >= 0.6 is 0 Å². The Labute approximate surface area is 85.3 Å². The lowest BCUT2D eigenvalue weighted by Gasteiger charge is -2.32. The molecule has 2 nitrogen and oxygen atoms in total. The first-order valence-electron chi connectivity index (χ1n) is 5.25. The van der Waals surface area contributed by atoms with Gasteiger partial charge in [0.25, 0.3) is 0 Å². The van der Waals surface area contributed by atoms with Crippen molar-refractivity contribution < 1.29 is 4.74 Å². The zero-order chi connectivity index (χ0) is 9.97. The molecule has 2 heteroatoms. The average Bonchev–Trinajstić information content (AvgIpc) is 2.23. The van der Waals surface area contributed by atoms with Crippen molar-refractivity contribution in [2.45, 2.75) is 32.5 Å². The Morgan fingerprint density at radius 3 is 3.00 bits per heavy atom. The lowest BCUT2D eigenvalue weighted by Crippen LogP contribution is -2.38. The van der Waals surface area contributed by atoms with Gasteiger partial charge in [0, 0.05) is 19.2 Å². The molecule has 0 aromatic heterocycles. The Balaban J connectivity index is 2.31. The van der Waals surface area contributed by atoms with E-state index in [-0.39, 0.29) is 6.10 Å². The summed E-state index contributed by atoms with van der Waals surface area (Å²) in [5.41, 5.74) is 2.71. The van der Waals surface area contributed by atoms with Gasteiger partial charge in [0.1, 0.15) is 0 Å². The Kier molecular flexibility index (Phi) is 2.85. The van der Waals surface area contributed by atoms with Crippen molar-refractivity contribution in [1.29, 1.82) is 0 Å². The normalized spacial score (nSPS) is 25.9. The molecular weight excluding hydrogens is 174 g/mol. The molecule has 0 saturated carbocycles. The molecule has 0 saturated heterocycles. The predicted octanol–water partition coefficient (Wildman–Crippen LogP) is 2.26. The highest BCUT2D eigenvalue weighted by atomic mass is 16.5. The van der Waals surface area contributed by atoms with Crippen LogP contribution in [0.25, 0.3) is 0 Å². The van der Waals surface area contributed by atoms with Gasteiger partial charge in [-0.3, -0.25) is 0 Å². The molecule has 14 heavy (non-hydrogen) atoms. The number of hydrogen-bond acceptors (Lipinski definition) is 2. The highest BCUT2D eigenvalue weighted by Gasteiger charge is 2.25. The van der Waals surface area contributed by atoms with Crippen LogP contribution in [-0.4, -0.2) is 12.6 Å². The van der Waals surface area contributed by atoms with E-state index in [0.717, 1.165) is 13.2 Å². The number of fused-ring (bicyclic) bond motifs is 1. The molecule has 1 N–H and O–H groups in total. The fraction of sp³-hybridized carbons (Fsp3) is 0.500. The minimum atomic E-state index is 0.213. The molecular formula is C12H17NO. The lowest BCUT2D eigenvalue weighted by atomic mass is 9.94. The maximum Gasteiger partial charge on any atom is 0.0978 e. The molecule has 0 radical (unpaired) electrons. The van der Waals surface area contributed by atoms with Gasteiger partial charge >= 0.3 is 0 Å². The van der Waals surface area contributed by atoms with Crippen LogP contribution in [0.5, 0.6) is 0 Å². The number of benzene rings is 1. The minimum Gasteiger partial charge on any atom is -0.372 e. The van der Waals surface area contributed by atoms with Crippen LogP contribution in [0.2, 0.25) is 0 Å². The zero-order valence-corrected chi connectivity index (χ0v) is 8.79. The first kappa shape index (κ1) is 9.69. The van der Waals surface area contributed by atoms with Crippen molar-refractivity contribution in [1.82, 2.24) is 5.32 Å². The monoisotopic (exact) mass is 191 g/mol. The van der Waals surface area contributed by atoms with Crippen LogP contribution < -0.4 is 5.32 Å². The van der Waals surface area contributed by atoms with Gasteiger partial charge in [-0.15, -0.1) is 0 Å². The molecule has 1 aliphatic heterocycles. The molecule has 1 aromatic rings. The van der Waals surface area contributed by atoms with E-state index in [2.05, 4.69) is 36.5 Å². The van der Waals surface area contributed by atoms with E-state index >= 15 is 0 Å². The fourth-order valence-electron chi connectivity index (χ4n) is 2.03. The number of rotatable bonds is 2. The maximum atomic E-state index is 5.76. The van der Waals surface area contributed by atoms with Crippen LogP contribution in [0.3, 0.4) is 0 Å². The molecule has 0 fully saturated rings. The van der Waals surface area contributed by atoms with Gasteiger partial charge in [0.05, 0.1) is 6.10 Å². The molecule has 1 heterocycles. The predicted molar refractivity (Wildman–Crippen MR) is 57.1 cm³/mol. The molecule has 0 aliphatic carbocycles. The molecule has 1 aromatic carbocycles. The number of nitrogens with one attached hydrogen (secondary N) is 1. The largest absolute Gasteiger partial charge is 0.372 e. The van der Waals surface area contributed by atoms with Gasteiger partial charge in [0.15, 0.2) is 0 Å². The second-order valence-electron chi connectivity index (χ2n) is 3.74. The van der Waals surface area contributed by atoms with Crippen molar-refractivity contribution in [3.63, 3.8) is 0 Å². The molecule has 1 aliphatic rings. The van der Waals surface area contributed by atoms with E-state index in [1.165, 1.54) is 11.1 Å². The second kappa shape index (κ2) is 4.11. The first-order valence-corrected chi connectivity index (χ1v) is 5.25. The average molecular weight is 191 g/mol. The molecule has 76 valence electrons. The SMILES string of the molecule is CCOC1c2ccccc2CNC1C. The van der Waals surface area contributed by atoms with Crippen molar-refractivity contribution in [3.05, 3.63) is 35.4 Å². The molecule has 2 atom stereocenters. The van der Waals surface area contributed by atoms with Crippen LogP contribution in [0.1, 0.15) is 31.1 Å². The van der Waals surface area contributed by atoms with Gasteiger partial charge in [-0.1, -0.05) is 24.3 Å². The van der Waals surface area contributed by atoms with E-state index < -0.39 is 0 Å². The number of ether oxygens (including phenoxy) is 1. The van der Waals surface area contributed by atoms with Crippen LogP contribution in [-0.2, 0) is 11.3 Å². The third-order valence-electron chi connectivity index (χ3n) is 2.78. The maximum absolute atomic E-state index is 5.76. The Bertz CT molecular complexity index is 311. The Morgan fingerprint density at radius 1 is 1.43 bits per heavy atom. The summed E-state index contributed by atoms with van der Waals surface area (Å²) in [4.78, 5) is 0. The minimum absolute atomic E-state index is 0.213. The van der Waals surface area contributed by atoms with Crippen molar-refractivity contribution in [2.75, 3.05) is 6.61 Å². The summed E-state index contributed by atoms with van der Waals surface area (Å²) < 4.78 is 5.76. The van der Waals surface area contributed by atoms with Crippen molar-refractivity contribution in [2.24, 2.45) is 0 Å². The molecule has 0 amide bonds. The number of hydrogen-bond donors (Lipinski definition) is 1. The third kappa shape index (κ3) is 1.68. The van der Waals surface area contributed by atoms with Gasteiger partial charge in [-0.2, -0.15) is 0 Å². The summed E-state index contributed by atoms with van der Waals surface area (Å²) in [6, 6.07) is 8.92. The van der Waals surface area contributed by atoms with E-state index in [0.29, 0.717) is 6.04 Å². The van der Waals surface area contributed by atoms with Crippen LogP contribution in [0, 0.1) is 0 Å². The second-order valence-corrected chi connectivity index (χ2v) is 3.74. The molecule has 0 bridgehead atoms.